The van der Waals surface area contributed by atoms with Crippen molar-refractivity contribution in [2.75, 3.05) is 0 Å². The van der Waals surface area contributed by atoms with E-state index in [4.69, 9.17) is 11.6 Å². The summed E-state index contributed by atoms with van der Waals surface area (Å²) in [4.78, 5) is 24.9. The SMILES string of the molecule is O=C(NNC(=O)c1sc2ccccc2c1Cl)c1ccc(-n2cnnn2)cc1. The average molecular weight is 399 g/mol. The summed E-state index contributed by atoms with van der Waals surface area (Å²) in [6.07, 6.45) is 1.45. The van der Waals surface area contributed by atoms with E-state index < -0.39 is 11.8 Å². The van der Waals surface area contributed by atoms with Crippen molar-refractivity contribution in [3.8, 4) is 5.69 Å². The van der Waals surface area contributed by atoms with Gasteiger partial charge >= 0.3 is 0 Å². The van der Waals surface area contributed by atoms with Gasteiger partial charge in [-0.2, -0.15) is 0 Å². The third-order valence-corrected chi connectivity index (χ3v) is 5.45. The number of amides is 2. The van der Waals surface area contributed by atoms with Crippen molar-refractivity contribution >= 4 is 44.8 Å². The van der Waals surface area contributed by atoms with E-state index in [9.17, 15) is 9.59 Å². The maximum absolute atomic E-state index is 12.4. The van der Waals surface area contributed by atoms with Gasteiger partial charge in [0.15, 0.2) is 0 Å². The van der Waals surface area contributed by atoms with E-state index in [-0.39, 0.29) is 0 Å². The molecule has 0 unspecified atom stereocenters. The van der Waals surface area contributed by atoms with Gasteiger partial charge < -0.3 is 0 Å². The first-order chi connectivity index (χ1) is 13.1. The van der Waals surface area contributed by atoms with Crippen molar-refractivity contribution in [2.45, 2.75) is 0 Å². The summed E-state index contributed by atoms with van der Waals surface area (Å²) in [7, 11) is 0. The standard InChI is InChI=1S/C17H11ClN6O2S/c18-14-12-3-1-2-4-13(12)27-15(14)17(26)21-20-16(25)10-5-7-11(8-6-10)24-9-19-22-23-24/h1-9H,(H,20,25)(H,21,26). The van der Waals surface area contributed by atoms with Crippen LogP contribution in [0.5, 0.6) is 0 Å². The number of nitrogens with zero attached hydrogens (tertiary/aromatic N) is 4. The van der Waals surface area contributed by atoms with E-state index in [0.717, 1.165) is 10.1 Å². The van der Waals surface area contributed by atoms with Crippen molar-refractivity contribution in [1.82, 2.24) is 31.1 Å². The molecule has 0 fully saturated rings. The number of thiophene rings is 1. The van der Waals surface area contributed by atoms with Crippen LogP contribution in [0.3, 0.4) is 0 Å². The fourth-order valence-electron chi connectivity index (χ4n) is 2.45. The molecule has 8 nitrogen and oxygen atoms in total. The van der Waals surface area contributed by atoms with E-state index in [1.54, 1.807) is 24.3 Å². The predicted molar refractivity (Wildman–Crippen MR) is 101 cm³/mol. The minimum absolute atomic E-state index is 0.340. The third kappa shape index (κ3) is 3.37. The molecule has 0 radical (unpaired) electrons. The van der Waals surface area contributed by atoms with Crippen LogP contribution < -0.4 is 10.9 Å². The zero-order valence-electron chi connectivity index (χ0n) is 13.6. The van der Waals surface area contributed by atoms with Gasteiger partial charge in [-0.3, -0.25) is 20.4 Å². The minimum atomic E-state index is -0.472. The zero-order chi connectivity index (χ0) is 18.8. The van der Waals surface area contributed by atoms with Crippen LogP contribution in [0.4, 0.5) is 0 Å². The Balaban J connectivity index is 1.44. The van der Waals surface area contributed by atoms with Crippen LogP contribution in [-0.2, 0) is 0 Å². The molecule has 134 valence electrons. The molecule has 2 heterocycles. The Morgan fingerprint density at radius 1 is 1.00 bits per heavy atom. The van der Waals surface area contributed by atoms with E-state index in [1.807, 2.05) is 24.3 Å². The van der Waals surface area contributed by atoms with Crippen LogP contribution in [0.2, 0.25) is 5.02 Å². The van der Waals surface area contributed by atoms with E-state index >= 15 is 0 Å². The molecule has 2 aromatic heterocycles. The Hall–Kier alpha value is -3.30. The number of hydrazine groups is 1. The number of rotatable bonds is 3. The topological polar surface area (TPSA) is 102 Å². The summed E-state index contributed by atoms with van der Waals surface area (Å²) in [6.45, 7) is 0. The number of halogens is 1. The molecular weight excluding hydrogens is 388 g/mol. The van der Waals surface area contributed by atoms with Gasteiger partial charge in [-0.25, -0.2) is 4.68 Å². The number of carbonyl (C=O) groups is 2. The number of hydrogen-bond acceptors (Lipinski definition) is 6. The molecule has 4 aromatic rings. The minimum Gasteiger partial charge on any atom is -0.267 e. The molecule has 0 aliphatic heterocycles. The fraction of sp³-hybridized carbons (Fsp3) is 0. The lowest BCUT2D eigenvalue weighted by Gasteiger charge is -2.07. The van der Waals surface area contributed by atoms with Gasteiger partial charge in [0.1, 0.15) is 11.2 Å². The Morgan fingerprint density at radius 2 is 1.74 bits per heavy atom. The Kier molecular flexibility index (Phi) is 4.53. The maximum atomic E-state index is 12.4. The monoisotopic (exact) mass is 398 g/mol. The molecule has 10 heteroatoms. The summed E-state index contributed by atoms with van der Waals surface area (Å²) in [6, 6.07) is 14.0. The molecule has 2 N–H and O–H groups in total. The third-order valence-electron chi connectivity index (χ3n) is 3.77. The second-order valence-corrected chi connectivity index (χ2v) is 6.88. The number of tetrazole rings is 1. The Bertz CT molecular complexity index is 1120. The highest BCUT2D eigenvalue weighted by molar-refractivity contribution is 7.21. The van der Waals surface area contributed by atoms with Crippen molar-refractivity contribution < 1.29 is 9.59 Å². The van der Waals surface area contributed by atoms with Gasteiger partial charge in [-0.15, -0.1) is 16.4 Å². The number of carbonyl (C=O) groups excluding carboxylic acids is 2. The Labute approximate surface area is 161 Å². The summed E-state index contributed by atoms with van der Waals surface area (Å²) >= 11 is 7.53. The fourth-order valence-corrected chi connectivity index (χ4v) is 3.86. The molecule has 0 saturated carbocycles. The summed E-state index contributed by atoms with van der Waals surface area (Å²) in [5.41, 5.74) is 5.85. The van der Waals surface area contributed by atoms with Crippen LogP contribution in [0.1, 0.15) is 20.0 Å². The van der Waals surface area contributed by atoms with Gasteiger partial charge in [0.05, 0.1) is 10.7 Å². The van der Waals surface area contributed by atoms with E-state index in [0.29, 0.717) is 21.2 Å². The summed E-state index contributed by atoms with van der Waals surface area (Å²) in [5.74, 6) is -0.927. The van der Waals surface area contributed by atoms with Crippen molar-refractivity contribution in [3.05, 3.63) is 70.3 Å². The molecule has 2 aromatic carbocycles. The lowest BCUT2D eigenvalue weighted by Crippen LogP contribution is -2.41. The molecule has 0 spiro atoms. The number of nitrogens with one attached hydrogen (secondary N) is 2. The van der Waals surface area contributed by atoms with Gasteiger partial charge in [0.2, 0.25) is 0 Å². The zero-order valence-corrected chi connectivity index (χ0v) is 15.2. The first kappa shape index (κ1) is 17.1. The van der Waals surface area contributed by atoms with E-state index in [1.165, 1.54) is 22.3 Å². The predicted octanol–water partition coefficient (Wildman–Crippen LogP) is 2.61. The lowest BCUT2D eigenvalue weighted by atomic mass is 10.2. The normalized spacial score (nSPS) is 10.7. The van der Waals surface area contributed by atoms with Crippen LogP contribution in [0.25, 0.3) is 15.8 Å². The molecular formula is C17H11ClN6O2S. The molecule has 4 rings (SSSR count). The summed E-state index contributed by atoms with van der Waals surface area (Å²) in [5, 5.41) is 12.0. The van der Waals surface area contributed by atoms with Crippen LogP contribution in [0.15, 0.2) is 54.9 Å². The smallest absolute Gasteiger partial charge is 0.267 e. The van der Waals surface area contributed by atoms with Crippen LogP contribution >= 0.6 is 22.9 Å². The quantitative estimate of drug-likeness (QED) is 0.516. The maximum Gasteiger partial charge on any atom is 0.281 e. The van der Waals surface area contributed by atoms with Crippen molar-refractivity contribution in [2.24, 2.45) is 0 Å². The highest BCUT2D eigenvalue weighted by Gasteiger charge is 2.17. The first-order valence-electron chi connectivity index (χ1n) is 7.74. The highest BCUT2D eigenvalue weighted by Crippen LogP contribution is 2.34. The van der Waals surface area contributed by atoms with Crippen molar-refractivity contribution in [3.63, 3.8) is 0 Å². The van der Waals surface area contributed by atoms with Crippen LogP contribution in [-0.4, -0.2) is 32.0 Å². The Morgan fingerprint density at radius 3 is 2.44 bits per heavy atom. The highest BCUT2D eigenvalue weighted by atomic mass is 35.5. The van der Waals surface area contributed by atoms with Crippen molar-refractivity contribution in [1.29, 1.82) is 0 Å². The first-order valence-corrected chi connectivity index (χ1v) is 8.94. The molecule has 0 aliphatic carbocycles. The van der Waals surface area contributed by atoms with Gasteiger partial charge in [-0.05, 0) is 40.8 Å². The second kappa shape index (κ2) is 7.14. The molecule has 0 saturated heterocycles. The van der Waals surface area contributed by atoms with Gasteiger partial charge in [0, 0.05) is 15.6 Å². The molecule has 0 aliphatic rings. The van der Waals surface area contributed by atoms with Crippen LogP contribution in [0, 0.1) is 0 Å². The number of aromatic nitrogens is 4. The lowest BCUT2D eigenvalue weighted by molar-refractivity contribution is 0.0849. The second-order valence-electron chi connectivity index (χ2n) is 5.45. The molecule has 27 heavy (non-hydrogen) atoms. The molecule has 2 amide bonds. The van der Waals surface area contributed by atoms with E-state index in [2.05, 4.69) is 26.4 Å². The molecule has 0 bridgehead atoms. The number of hydrogen-bond donors (Lipinski definition) is 2. The van der Waals surface area contributed by atoms with Gasteiger partial charge in [-0.1, -0.05) is 29.8 Å². The van der Waals surface area contributed by atoms with Gasteiger partial charge in [0.25, 0.3) is 11.8 Å². The molecule has 0 atom stereocenters. The number of fused-ring (bicyclic) bond motifs is 1. The average Bonchev–Trinajstić information content (AvgIpc) is 3.35. The summed E-state index contributed by atoms with van der Waals surface area (Å²) < 4.78 is 2.37. The largest absolute Gasteiger partial charge is 0.281 e. The number of benzene rings is 2.